The van der Waals surface area contributed by atoms with Gasteiger partial charge in [0.1, 0.15) is 5.60 Å². The van der Waals surface area contributed by atoms with Crippen molar-refractivity contribution in [2.24, 2.45) is 0 Å². The third-order valence-electron chi connectivity index (χ3n) is 8.88. The number of piperazine rings is 1. The summed E-state index contributed by atoms with van der Waals surface area (Å²) in [6.45, 7) is 4.59. The second-order valence-electron chi connectivity index (χ2n) is 12.8. The molecule has 0 spiro atoms. The molecule has 1 saturated carbocycles. The molecule has 10 heteroatoms. The van der Waals surface area contributed by atoms with Gasteiger partial charge in [0, 0.05) is 31.8 Å². The molecule has 0 bridgehead atoms. The Morgan fingerprint density at radius 3 is 2.43 bits per heavy atom. The van der Waals surface area contributed by atoms with Crippen molar-refractivity contribution in [3.63, 3.8) is 0 Å². The van der Waals surface area contributed by atoms with Crippen LogP contribution in [-0.4, -0.2) is 96.8 Å². The van der Waals surface area contributed by atoms with Gasteiger partial charge in [-0.15, -0.1) is 0 Å². The van der Waals surface area contributed by atoms with E-state index in [1.54, 1.807) is 25.1 Å². The summed E-state index contributed by atoms with van der Waals surface area (Å²) in [5, 5.41) is 31.8. The molecule has 1 aliphatic carbocycles. The van der Waals surface area contributed by atoms with Gasteiger partial charge in [-0.05, 0) is 45.1 Å². The fourth-order valence-corrected chi connectivity index (χ4v) is 6.47. The van der Waals surface area contributed by atoms with E-state index in [-0.39, 0.29) is 49.9 Å². The van der Waals surface area contributed by atoms with Crippen molar-refractivity contribution in [2.45, 2.75) is 75.7 Å². The fraction of sp³-hybridized carbons (Fsp3) is 0.500. The maximum Gasteiger partial charge on any atom is 0.407 e. The second kappa shape index (κ2) is 13.5. The molecular weight excluding hydrogens is 560 g/mol. The van der Waals surface area contributed by atoms with Gasteiger partial charge >= 0.3 is 6.09 Å². The summed E-state index contributed by atoms with van der Waals surface area (Å²) >= 11 is 0. The molecule has 2 heterocycles. The summed E-state index contributed by atoms with van der Waals surface area (Å²) in [6, 6.07) is 18.7. The summed E-state index contributed by atoms with van der Waals surface area (Å²) in [5.74, 6) is -0.255. The molecule has 1 aliphatic heterocycles. The first-order chi connectivity index (χ1) is 21.1. The third kappa shape index (κ3) is 7.31. The van der Waals surface area contributed by atoms with Gasteiger partial charge in [0.2, 0.25) is 0 Å². The Morgan fingerprint density at radius 2 is 1.75 bits per heavy atom. The third-order valence-corrected chi connectivity index (χ3v) is 8.88. The molecule has 1 saturated heterocycles. The van der Waals surface area contributed by atoms with Crippen molar-refractivity contribution in [2.75, 3.05) is 32.8 Å². The molecule has 3 atom stereocenters. The monoisotopic (exact) mass is 604 g/mol. The van der Waals surface area contributed by atoms with Crippen LogP contribution in [0.5, 0.6) is 0 Å². The van der Waals surface area contributed by atoms with Crippen LogP contribution in [0.1, 0.15) is 68.0 Å². The number of carboxylic acid groups (broad SMARTS) is 1. The summed E-state index contributed by atoms with van der Waals surface area (Å²) in [4.78, 5) is 34.1. The number of carbonyl (C=O) groups excluding carboxylic acids is 1. The van der Waals surface area contributed by atoms with E-state index >= 15 is 0 Å². The number of benzene rings is 2. The van der Waals surface area contributed by atoms with Crippen molar-refractivity contribution in [1.82, 2.24) is 19.4 Å². The van der Waals surface area contributed by atoms with E-state index in [0.29, 0.717) is 38.0 Å². The van der Waals surface area contributed by atoms with E-state index in [2.05, 4.69) is 4.98 Å². The van der Waals surface area contributed by atoms with Crippen molar-refractivity contribution < 1.29 is 29.6 Å². The van der Waals surface area contributed by atoms with Crippen LogP contribution in [0.25, 0.3) is 11.3 Å². The van der Waals surface area contributed by atoms with Crippen LogP contribution in [0.15, 0.2) is 67.0 Å². The number of imidazole rings is 1. The summed E-state index contributed by atoms with van der Waals surface area (Å²) in [5.41, 5.74) is 0.723. The standard InChI is InChI=1S/C34H44N4O6/c1-33(2,42)17-20-44-23-34(43)16-10-9-15-28(34)38-24-35-29(30(38)26-13-7-4-8-14-26)31(39)37-19-18-36(32(40)41)22-27(37)21-25-11-5-3-6-12-25/h3-8,11-14,24,27-28,42-43H,9-10,15-23H2,1-2H3,(H,40,41)/t27-,28?,34?/m1/s1. The minimum absolute atomic E-state index is 0.111. The lowest BCUT2D eigenvalue weighted by Gasteiger charge is -2.41. The SMILES string of the molecule is CC(C)(O)CCOCC1(O)CCCCC1n1cnc(C(=O)N2CCN(C(=O)O)C[C@H]2Cc2ccccc2)c1-c1ccccc1. The zero-order valence-corrected chi connectivity index (χ0v) is 25.6. The molecule has 2 unspecified atom stereocenters. The van der Waals surface area contributed by atoms with Gasteiger partial charge in [0.05, 0.1) is 36.3 Å². The number of aromatic nitrogens is 2. The average Bonchev–Trinajstić information content (AvgIpc) is 3.44. The number of hydrogen-bond donors (Lipinski definition) is 3. The molecule has 44 heavy (non-hydrogen) atoms. The van der Waals surface area contributed by atoms with Crippen LogP contribution in [0.2, 0.25) is 0 Å². The minimum atomic E-state index is -1.18. The first-order valence-corrected chi connectivity index (χ1v) is 15.5. The Labute approximate surface area is 258 Å². The van der Waals surface area contributed by atoms with Crippen LogP contribution >= 0.6 is 0 Å². The van der Waals surface area contributed by atoms with Gasteiger partial charge in [-0.2, -0.15) is 0 Å². The molecule has 2 fully saturated rings. The molecule has 10 nitrogen and oxygen atoms in total. The van der Waals surface area contributed by atoms with Gasteiger partial charge in [0.25, 0.3) is 5.91 Å². The van der Waals surface area contributed by atoms with E-state index in [0.717, 1.165) is 24.0 Å². The lowest BCUT2D eigenvalue weighted by molar-refractivity contribution is -0.104. The van der Waals surface area contributed by atoms with Crippen LogP contribution in [0.4, 0.5) is 4.79 Å². The zero-order valence-electron chi connectivity index (χ0n) is 25.6. The van der Waals surface area contributed by atoms with Gasteiger partial charge in [-0.3, -0.25) is 4.79 Å². The predicted octanol–water partition coefficient (Wildman–Crippen LogP) is 4.62. The van der Waals surface area contributed by atoms with Crippen LogP contribution in [-0.2, 0) is 11.2 Å². The molecule has 1 aromatic heterocycles. The first kappa shape index (κ1) is 31.7. The van der Waals surface area contributed by atoms with Crippen molar-refractivity contribution in [1.29, 1.82) is 0 Å². The molecule has 3 N–H and O–H groups in total. The van der Waals surface area contributed by atoms with E-state index in [9.17, 15) is 24.9 Å². The van der Waals surface area contributed by atoms with Crippen LogP contribution in [0.3, 0.4) is 0 Å². The van der Waals surface area contributed by atoms with Crippen LogP contribution < -0.4 is 0 Å². The summed E-state index contributed by atoms with van der Waals surface area (Å²) < 4.78 is 7.87. The highest BCUT2D eigenvalue weighted by atomic mass is 16.5. The highest BCUT2D eigenvalue weighted by Gasteiger charge is 2.43. The molecule has 5 rings (SSSR count). The molecule has 3 aromatic rings. The largest absolute Gasteiger partial charge is 0.465 e. The quantitative estimate of drug-likeness (QED) is 0.288. The summed E-state index contributed by atoms with van der Waals surface area (Å²) in [7, 11) is 0. The molecule has 0 radical (unpaired) electrons. The lowest BCUT2D eigenvalue weighted by atomic mass is 9.80. The van der Waals surface area contributed by atoms with E-state index in [4.69, 9.17) is 4.74 Å². The minimum Gasteiger partial charge on any atom is -0.465 e. The maximum absolute atomic E-state index is 14.4. The predicted molar refractivity (Wildman–Crippen MR) is 166 cm³/mol. The maximum atomic E-state index is 14.4. The molecule has 2 aromatic carbocycles. The number of ether oxygens (including phenoxy) is 1. The lowest BCUT2D eigenvalue weighted by Crippen LogP contribution is -2.57. The van der Waals surface area contributed by atoms with Crippen molar-refractivity contribution in [3.05, 3.63) is 78.2 Å². The van der Waals surface area contributed by atoms with Gasteiger partial charge in [-0.25, -0.2) is 9.78 Å². The van der Waals surface area contributed by atoms with E-state index in [1.807, 2.05) is 65.2 Å². The summed E-state index contributed by atoms with van der Waals surface area (Å²) in [6.07, 6.45) is 4.66. The number of aliphatic hydroxyl groups is 2. The topological polar surface area (TPSA) is 128 Å². The molecule has 2 aliphatic rings. The molecule has 236 valence electrons. The molecular formula is C34H44N4O6. The Bertz CT molecular complexity index is 1410. The van der Waals surface area contributed by atoms with Gasteiger partial charge in [0.15, 0.2) is 5.69 Å². The Morgan fingerprint density at radius 1 is 1.05 bits per heavy atom. The first-order valence-electron chi connectivity index (χ1n) is 15.5. The van der Waals surface area contributed by atoms with E-state index < -0.39 is 17.3 Å². The number of nitrogens with zero attached hydrogens (tertiary/aromatic N) is 4. The number of rotatable bonds is 10. The number of amides is 2. The smallest absolute Gasteiger partial charge is 0.407 e. The fourth-order valence-electron chi connectivity index (χ4n) is 6.47. The second-order valence-corrected chi connectivity index (χ2v) is 12.8. The Kier molecular flexibility index (Phi) is 9.72. The Balaban J connectivity index is 1.48. The molecule has 2 amide bonds. The Hall–Kier alpha value is -3.73. The van der Waals surface area contributed by atoms with Crippen molar-refractivity contribution >= 4 is 12.0 Å². The van der Waals surface area contributed by atoms with Gasteiger partial charge in [-0.1, -0.05) is 73.5 Å². The average molecular weight is 605 g/mol. The number of carbonyl (C=O) groups is 2. The zero-order chi connectivity index (χ0) is 31.3. The van der Waals surface area contributed by atoms with Crippen molar-refractivity contribution in [3.8, 4) is 11.3 Å². The van der Waals surface area contributed by atoms with Crippen LogP contribution in [0, 0.1) is 0 Å². The number of hydrogen-bond acceptors (Lipinski definition) is 6. The highest BCUT2D eigenvalue weighted by Crippen LogP contribution is 2.41. The normalized spacial score (nSPS) is 22.6. The van der Waals surface area contributed by atoms with E-state index in [1.165, 1.54) is 4.90 Å². The highest BCUT2D eigenvalue weighted by molar-refractivity contribution is 5.98. The van der Waals surface area contributed by atoms with Gasteiger partial charge < -0.3 is 34.4 Å².